The molecule has 174 valence electrons. The molecule has 5 heteroatoms. The molecule has 0 amide bonds. The molecular weight excluding hydrogens is 473 g/mol. The number of benzene rings is 2. The first-order valence-electron chi connectivity index (χ1n) is 11.7. The zero-order chi connectivity index (χ0) is 24.2. The Bertz CT molecular complexity index is 1520. The van der Waals surface area contributed by atoms with Crippen LogP contribution in [0.25, 0.3) is 42.7 Å². The highest BCUT2D eigenvalue weighted by Crippen LogP contribution is 2.41. The average molecular weight is 503 g/mol. The third-order valence-corrected chi connectivity index (χ3v) is 8.83. The van der Waals surface area contributed by atoms with Crippen LogP contribution in [0.15, 0.2) is 53.0 Å². The Balaban J connectivity index is 1.64. The molecule has 0 aliphatic rings. The lowest BCUT2D eigenvalue weighted by molar-refractivity contribution is 0.597. The van der Waals surface area contributed by atoms with Crippen LogP contribution in [-0.4, -0.2) is 9.97 Å². The smallest absolute Gasteiger partial charge is 0.116 e. The summed E-state index contributed by atoms with van der Waals surface area (Å²) >= 11 is 8.65. The van der Waals surface area contributed by atoms with Crippen molar-refractivity contribution in [2.45, 2.75) is 58.3 Å². The molecule has 0 atom stereocenters. The van der Waals surface area contributed by atoms with Gasteiger partial charge in [0, 0.05) is 25.4 Å². The van der Waals surface area contributed by atoms with Crippen LogP contribution in [0.3, 0.4) is 0 Å². The maximum atomic E-state index is 4.97. The Morgan fingerprint density at radius 1 is 0.971 bits per heavy atom. The summed E-state index contributed by atoms with van der Waals surface area (Å²) in [5, 5.41) is 4.80. The minimum atomic E-state index is 0.0432. The normalized spacial score (nSPS) is 12.4. The minimum absolute atomic E-state index is 0.0432. The zero-order valence-electron chi connectivity index (χ0n) is 20.6. The first-order valence-corrected chi connectivity index (χ1v) is 13.9. The number of nitrogens with zero attached hydrogens (tertiary/aromatic N) is 2. The number of hydrogen-bond acceptors (Lipinski definition) is 5. The van der Waals surface area contributed by atoms with Gasteiger partial charge in [-0.05, 0) is 76.2 Å². The first kappa shape index (κ1) is 23.5. The summed E-state index contributed by atoms with van der Waals surface area (Å²) in [5.41, 5.74) is 6.82. The fraction of sp³-hybridized carbons (Fsp3) is 0.310. The summed E-state index contributed by atoms with van der Waals surface area (Å²) < 4.78 is 2.66. The predicted octanol–water partition coefficient (Wildman–Crippen LogP) is 9.33. The maximum Gasteiger partial charge on any atom is 0.116 e. The molecule has 2 aromatic carbocycles. The summed E-state index contributed by atoms with van der Waals surface area (Å²) in [6.07, 6.45) is 2.79. The highest BCUT2D eigenvalue weighted by molar-refractivity contribution is 7.80. The molecule has 0 aliphatic heterocycles. The molecule has 0 saturated carbocycles. The quantitative estimate of drug-likeness (QED) is 0.248. The van der Waals surface area contributed by atoms with Crippen LogP contribution >= 0.6 is 35.3 Å². The van der Waals surface area contributed by atoms with Gasteiger partial charge in [0.05, 0.1) is 16.3 Å². The van der Waals surface area contributed by atoms with Gasteiger partial charge in [0.15, 0.2) is 0 Å². The lowest BCUT2D eigenvalue weighted by Crippen LogP contribution is -2.11. The molecule has 34 heavy (non-hydrogen) atoms. The van der Waals surface area contributed by atoms with Crippen LogP contribution < -0.4 is 0 Å². The molecule has 0 radical (unpaired) electrons. The van der Waals surface area contributed by atoms with Gasteiger partial charge >= 0.3 is 0 Å². The third kappa shape index (κ3) is 4.19. The van der Waals surface area contributed by atoms with Crippen molar-refractivity contribution in [1.82, 2.24) is 9.97 Å². The zero-order valence-corrected chi connectivity index (χ0v) is 23.1. The van der Waals surface area contributed by atoms with Crippen molar-refractivity contribution in [2.24, 2.45) is 5.92 Å². The fourth-order valence-electron chi connectivity index (χ4n) is 4.66. The molecule has 0 fully saturated rings. The highest BCUT2D eigenvalue weighted by Gasteiger charge is 2.21. The van der Waals surface area contributed by atoms with Gasteiger partial charge in [-0.25, -0.2) is 9.97 Å². The van der Waals surface area contributed by atoms with E-state index in [-0.39, 0.29) is 5.41 Å². The van der Waals surface area contributed by atoms with Crippen LogP contribution in [0, 0.1) is 12.8 Å². The second-order valence-electron chi connectivity index (χ2n) is 10.5. The van der Waals surface area contributed by atoms with Crippen LogP contribution in [0.2, 0.25) is 0 Å². The highest BCUT2D eigenvalue weighted by atomic mass is 32.1. The molecule has 0 N–H and O–H groups in total. The number of rotatable bonds is 4. The van der Waals surface area contributed by atoms with Gasteiger partial charge in [-0.15, -0.1) is 35.3 Å². The molecule has 3 aromatic heterocycles. The summed E-state index contributed by atoms with van der Waals surface area (Å²) in [5.74, 6) is 0.642. The van der Waals surface area contributed by atoms with Gasteiger partial charge in [0.25, 0.3) is 0 Å². The van der Waals surface area contributed by atoms with E-state index in [0.29, 0.717) is 5.92 Å². The Morgan fingerprint density at radius 3 is 2.41 bits per heavy atom. The maximum absolute atomic E-state index is 4.97. The minimum Gasteiger partial charge on any atom is -0.235 e. The molecule has 2 nitrogen and oxygen atoms in total. The Labute approximate surface area is 215 Å². The van der Waals surface area contributed by atoms with E-state index in [1.165, 1.54) is 36.2 Å². The molecule has 0 bridgehead atoms. The number of thiophene rings is 2. The van der Waals surface area contributed by atoms with Crippen LogP contribution in [0.5, 0.6) is 0 Å². The van der Waals surface area contributed by atoms with Gasteiger partial charge in [-0.2, -0.15) is 0 Å². The van der Waals surface area contributed by atoms with Gasteiger partial charge in [-0.3, -0.25) is 0 Å². The Hall–Kier alpha value is -2.21. The Morgan fingerprint density at radius 2 is 1.71 bits per heavy atom. The molecule has 5 aromatic rings. The van der Waals surface area contributed by atoms with Gasteiger partial charge in [0.2, 0.25) is 0 Å². The summed E-state index contributed by atoms with van der Waals surface area (Å²) in [7, 11) is 0. The number of aromatic nitrogens is 2. The summed E-state index contributed by atoms with van der Waals surface area (Å²) in [6.45, 7) is 13.6. The summed E-state index contributed by atoms with van der Waals surface area (Å²) in [4.78, 5) is 11.6. The van der Waals surface area contributed by atoms with Crippen molar-refractivity contribution in [3.05, 3.63) is 64.1 Å². The van der Waals surface area contributed by atoms with Crippen molar-refractivity contribution < 1.29 is 0 Å². The molecule has 0 spiro atoms. The van der Waals surface area contributed by atoms with Crippen molar-refractivity contribution >= 4 is 55.5 Å². The number of fused-ring (bicyclic) bond motifs is 2. The third-order valence-electron chi connectivity index (χ3n) is 6.34. The van der Waals surface area contributed by atoms with E-state index in [4.69, 9.17) is 12.6 Å². The molecule has 5 rings (SSSR count). The van der Waals surface area contributed by atoms with Crippen molar-refractivity contribution in [1.29, 1.82) is 0 Å². The molecular formula is C29H30N2S3. The van der Waals surface area contributed by atoms with Gasteiger partial charge in [0.1, 0.15) is 6.33 Å². The Kier molecular flexibility index (Phi) is 6.07. The number of thiol groups is 1. The van der Waals surface area contributed by atoms with Crippen molar-refractivity contribution in [3.8, 4) is 22.5 Å². The summed E-state index contributed by atoms with van der Waals surface area (Å²) in [6, 6.07) is 13.4. The molecule has 0 aliphatic carbocycles. The molecule has 0 saturated heterocycles. The van der Waals surface area contributed by atoms with E-state index >= 15 is 0 Å². The van der Waals surface area contributed by atoms with Crippen LogP contribution in [-0.2, 0) is 11.8 Å². The monoisotopic (exact) mass is 502 g/mol. The second kappa shape index (κ2) is 8.78. The van der Waals surface area contributed by atoms with E-state index in [9.17, 15) is 0 Å². The fourth-order valence-corrected chi connectivity index (χ4v) is 7.27. The standard InChI is InChI=1S/C29H30N2S3/c1-16(2)11-22-17(3)34-24-14-18(7-8-21(22)24)25-27(32)26(31-15-30-25)20-12-19-9-10-33-28(19)23(13-20)29(4,5)6/h7-10,12-16,32H,11H2,1-6H3. The van der Waals surface area contributed by atoms with Gasteiger partial charge < -0.3 is 0 Å². The number of hydrogen-bond donors (Lipinski definition) is 1. The van der Waals surface area contributed by atoms with E-state index in [2.05, 4.69) is 93.3 Å². The first-order chi connectivity index (χ1) is 16.1. The predicted molar refractivity (Wildman–Crippen MR) is 153 cm³/mol. The lowest BCUT2D eigenvalue weighted by atomic mass is 9.85. The topological polar surface area (TPSA) is 25.8 Å². The van der Waals surface area contributed by atoms with Gasteiger partial charge in [-0.1, -0.05) is 46.8 Å². The molecule has 0 unspecified atom stereocenters. The van der Waals surface area contributed by atoms with Crippen LogP contribution in [0.1, 0.15) is 50.6 Å². The SMILES string of the molecule is Cc1sc2cc(-c3ncnc(-c4cc(C(C)(C)C)c5sccc5c4)c3S)ccc2c1CC(C)C. The lowest BCUT2D eigenvalue weighted by Gasteiger charge is -2.21. The van der Waals surface area contributed by atoms with Crippen molar-refractivity contribution in [2.75, 3.05) is 0 Å². The van der Waals surface area contributed by atoms with Crippen LogP contribution in [0.4, 0.5) is 0 Å². The van der Waals surface area contributed by atoms with E-state index in [1.807, 2.05) is 11.3 Å². The van der Waals surface area contributed by atoms with E-state index in [0.717, 1.165) is 33.8 Å². The molecule has 3 heterocycles. The van der Waals surface area contributed by atoms with E-state index in [1.54, 1.807) is 17.7 Å². The van der Waals surface area contributed by atoms with Crippen molar-refractivity contribution in [3.63, 3.8) is 0 Å². The second-order valence-corrected chi connectivity index (χ2v) is 13.1. The van der Waals surface area contributed by atoms with E-state index < -0.39 is 0 Å². The largest absolute Gasteiger partial charge is 0.235 e. The number of aryl methyl sites for hydroxylation is 1. The average Bonchev–Trinajstić information content (AvgIpc) is 3.36.